The summed E-state index contributed by atoms with van der Waals surface area (Å²) in [5, 5.41) is 4.97. The first kappa shape index (κ1) is 53.1. The van der Waals surface area contributed by atoms with Gasteiger partial charge in [-0.2, -0.15) is 0 Å². The van der Waals surface area contributed by atoms with E-state index >= 15 is 0 Å². The molecule has 0 saturated carbocycles. The molecule has 0 fully saturated rings. The van der Waals surface area contributed by atoms with E-state index < -0.39 is 23.0 Å². The molecule has 0 aliphatic heterocycles. The third kappa shape index (κ3) is 10.9. The number of aromatic nitrogens is 4. The van der Waals surface area contributed by atoms with E-state index in [1.54, 1.807) is 6.07 Å². The van der Waals surface area contributed by atoms with Crippen molar-refractivity contribution in [3.63, 3.8) is 0 Å². The number of para-hydroxylation sites is 6. The molecule has 10 aromatic carbocycles. The molecule has 13 aromatic rings. The van der Waals surface area contributed by atoms with Crippen LogP contribution in [0.3, 0.4) is 0 Å². The van der Waals surface area contributed by atoms with Crippen molar-refractivity contribution in [2.45, 2.75) is 85.7 Å². The zero-order chi connectivity index (χ0) is 59.5. The van der Waals surface area contributed by atoms with E-state index in [0.717, 1.165) is 72.3 Å². The summed E-state index contributed by atoms with van der Waals surface area (Å²) in [5.41, 5.74) is 19.1. The molecule has 0 saturated heterocycles. The minimum Gasteiger partial charge on any atom is -0.501 e. The number of rotatable bonds is 11. The monoisotopic (exact) mass is 1290 g/mol. The summed E-state index contributed by atoms with van der Waals surface area (Å²) in [5.74, 6) is 2.18. The summed E-state index contributed by atoms with van der Waals surface area (Å²) in [6, 6.07) is 80.3. The van der Waals surface area contributed by atoms with Gasteiger partial charge in [0.2, 0.25) is 0 Å². The summed E-state index contributed by atoms with van der Waals surface area (Å²) in [6.07, 6.45) is 0. The van der Waals surface area contributed by atoms with Crippen LogP contribution in [0.1, 0.15) is 60.3 Å². The summed E-state index contributed by atoms with van der Waals surface area (Å²) >= 11 is 0. The second kappa shape index (κ2) is 23.0. The maximum Gasteiger partial charge on any atom is 0.120 e. The van der Waals surface area contributed by atoms with Crippen LogP contribution in [0.5, 0.6) is 0 Å². The summed E-state index contributed by atoms with van der Waals surface area (Å²) in [7, 11) is -3.53. The van der Waals surface area contributed by atoms with Crippen molar-refractivity contribution < 1.29 is 28.6 Å². The van der Waals surface area contributed by atoms with E-state index in [2.05, 4.69) is 234 Å². The molecule has 0 unspecified atom stereocenters. The third-order valence-electron chi connectivity index (χ3n) is 15.8. The summed E-state index contributed by atoms with van der Waals surface area (Å²) in [4.78, 5) is 10.4. The van der Waals surface area contributed by atoms with Crippen molar-refractivity contribution in [3.8, 4) is 67.5 Å². The standard InChI is InChI=1S/C43H35N2O.C32H35N2Si2.Ir/c1-27(2)36-25-32(31-23-21-30(22-24-31)29-13-6-5-7-14-29)26-37(28(3)4)41(36)45-39-19-10-9-18-38(39)44-43(45)35-17-12-16-34-33-15-8-11-20-40(33)46-42(34)35;1-23-20-21-25(22-26(23)24-14-9-8-10-15-24)32-33-27-16-11-12-17-28(27)34(32)31-29(35(2,3)4)18-13-19-30(31)36(5,6)7;/h5-16,18-28H,1-4H3;8-20,22H,1-7H3;/q2*-1;/i;1D3;. The van der Waals surface area contributed by atoms with Gasteiger partial charge in [-0.1, -0.05) is 236 Å². The van der Waals surface area contributed by atoms with Crippen LogP contribution in [-0.2, 0) is 20.1 Å². The Kier molecular flexibility index (Phi) is 14.7. The molecular weight excluding hydrogens is 1220 g/mol. The van der Waals surface area contributed by atoms with Crippen LogP contribution in [-0.4, -0.2) is 35.2 Å². The molecule has 83 heavy (non-hydrogen) atoms. The van der Waals surface area contributed by atoms with Gasteiger partial charge in [0.05, 0.1) is 55.4 Å². The molecule has 13 rings (SSSR count). The molecule has 5 nitrogen and oxygen atoms in total. The molecule has 0 spiro atoms. The van der Waals surface area contributed by atoms with Crippen LogP contribution in [0, 0.1) is 19.0 Å². The van der Waals surface area contributed by atoms with Crippen molar-refractivity contribution in [2.24, 2.45) is 0 Å². The minimum absolute atomic E-state index is 0. The van der Waals surface area contributed by atoms with Gasteiger partial charge in [0.25, 0.3) is 0 Å². The first-order valence-corrected chi connectivity index (χ1v) is 35.6. The number of nitrogens with zero attached hydrogens (tertiary/aromatic N) is 4. The molecule has 3 aromatic heterocycles. The van der Waals surface area contributed by atoms with Gasteiger partial charge in [0, 0.05) is 41.0 Å². The van der Waals surface area contributed by atoms with Crippen LogP contribution < -0.4 is 10.4 Å². The average Bonchev–Trinajstić information content (AvgIpc) is 1.59. The van der Waals surface area contributed by atoms with Gasteiger partial charge in [-0.05, 0) is 104 Å². The first-order valence-electron chi connectivity index (χ1n) is 30.1. The maximum absolute atomic E-state index is 8.20. The smallest absolute Gasteiger partial charge is 0.120 e. The fraction of sp³-hybridized carbons (Fsp3) is 0.173. The maximum atomic E-state index is 8.20. The molecule has 3 heterocycles. The molecule has 415 valence electrons. The third-order valence-corrected chi connectivity index (χ3v) is 19.8. The minimum atomic E-state index is -2.25. The quantitative estimate of drug-likeness (QED) is 0.0958. The molecule has 0 bridgehead atoms. The van der Waals surface area contributed by atoms with Crippen molar-refractivity contribution in [3.05, 3.63) is 241 Å². The first-order chi connectivity index (χ1) is 40.7. The van der Waals surface area contributed by atoms with Gasteiger partial charge in [-0.3, -0.25) is 9.97 Å². The van der Waals surface area contributed by atoms with Crippen molar-refractivity contribution in [1.82, 2.24) is 19.1 Å². The number of hydrogen-bond donors (Lipinski definition) is 0. The Hall–Kier alpha value is -7.98. The molecule has 8 heteroatoms. The zero-order valence-electron chi connectivity index (χ0n) is 51.9. The van der Waals surface area contributed by atoms with Crippen LogP contribution in [0.25, 0.3) is 112 Å². The number of aryl methyl sites for hydroxylation is 1. The SMILES string of the molecule is CC(C)c1cc(-c2ccc(-c3ccccc3)cc2)cc(C(C)C)c1-n1c(-c2[c-]ccc3c2oc2ccccc23)nc2ccccc21.[2H]C([2H])([2H])c1c[c-]c(-c2nc3ccccc3n2-c2c([Si](C)(C)C)cccc2[Si](C)(C)C)cc1-c1ccccc1.[Ir]. The second-order valence-corrected chi connectivity index (χ2v) is 34.3. The molecule has 0 aliphatic carbocycles. The van der Waals surface area contributed by atoms with Gasteiger partial charge in [0.1, 0.15) is 5.58 Å². The topological polar surface area (TPSA) is 48.8 Å². The van der Waals surface area contributed by atoms with Crippen molar-refractivity contribution in [1.29, 1.82) is 0 Å². The van der Waals surface area contributed by atoms with Gasteiger partial charge in [0.15, 0.2) is 0 Å². The number of imidazole rings is 2. The molecule has 0 aliphatic rings. The van der Waals surface area contributed by atoms with Crippen molar-refractivity contribution in [2.75, 3.05) is 0 Å². The van der Waals surface area contributed by atoms with E-state index in [1.165, 1.54) is 55.1 Å². The summed E-state index contributed by atoms with van der Waals surface area (Å²) in [6.45, 7) is 21.3. The summed E-state index contributed by atoms with van der Waals surface area (Å²) < 4.78 is 35.8. The average molecular weight is 1290 g/mol. The molecule has 1 radical (unpaired) electrons. The van der Waals surface area contributed by atoms with E-state index in [0.29, 0.717) is 11.1 Å². The Bertz CT molecular complexity index is 4550. The molecule has 0 atom stereocenters. The number of hydrogen-bond acceptors (Lipinski definition) is 3. The number of furan rings is 1. The van der Waals surface area contributed by atoms with Gasteiger partial charge < -0.3 is 13.6 Å². The van der Waals surface area contributed by atoms with E-state index in [9.17, 15) is 0 Å². The normalized spacial score (nSPS) is 12.6. The second-order valence-electron chi connectivity index (χ2n) is 24.2. The van der Waals surface area contributed by atoms with Crippen LogP contribution in [0.2, 0.25) is 39.3 Å². The van der Waals surface area contributed by atoms with Crippen molar-refractivity contribution >= 4 is 70.5 Å². The molecule has 0 N–H and O–H groups in total. The Morgan fingerprint density at radius 2 is 0.988 bits per heavy atom. The Balaban J connectivity index is 0.000000179. The van der Waals surface area contributed by atoms with Gasteiger partial charge in [-0.25, -0.2) is 0 Å². The van der Waals surface area contributed by atoms with Crippen LogP contribution >= 0.6 is 0 Å². The van der Waals surface area contributed by atoms with Gasteiger partial charge in [-0.15, -0.1) is 47.5 Å². The fourth-order valence-electron chi connectivity index (χ4n) is 11.7. The Morgan fingerprint density at radius 3 is 1.57 bits per heavy atom. The largest absolute Gasteiger partial charge is 0.501 e. The predicted octanol–water partition coefficient (Wildman–Crippen LogP) is 19.5. The molecular formula is C75H70IrN4OSi2-2. The van der Waals surface area contributed by atoms with Crippen LogP contribution in [0.4, 0.5) is 0 Å². The molecule has 0 amide bonds. The van der Waals surface area contributed by atoms with E-state index in [1.807, 2.05) is 60.7 Å². The number of fused-ring (bicyclic) bond motifs is 5. The predicted molar refractivity (Wildman–Crippen MR) is 353 cm³/mol. The Morgan fingerprint density at radius 1 is 0.482 bits per heavy atom. The number of benzene rings is 10. The fourth-order valence-corrected chi connectivity index (χ4v) is 14.9. The van der Waals surface area contributed by atoms with Gasteiger partial charge >= 0.3 is 0 Å². The van der Waals surface area contributed by atoms with E-state index in [-0.39, 0.29) is 31.9 Å². The Labute approximate surface area is 509 Å². The zero-order valence-corrected chi connectivity index (χ0v) is 53.3. The van der Waals surface area contributed by atoms with E-state index in [4.69, 9.17) is 18.5 Å². The van der Waals surface area contributed by atoms with Crippen LogP contribution in [0.15, 0.2) is 217 Å².